The highest BCUT2D eigenvalue weighted by Gasteiger charge is 2.09. The highest BCUT2D eigenvalue weighted by molar-refractivity contribution is 7.09. The van der Waals surface area contributed by atoms with Gasteiger partial charge in [0.25, 0.3) is 0 Å². The summed E-state index contributed by atoms with van der Waals surface area (Å²) < 4.78 is 5.59. The minimum Gasteiger partial charge on any atom is -0.478 e. The molecule has 0 bridgehead atoms. The molecule has 1 N–H and O–H groups in total. The molecular formula is C15H17NO3S. The number of hydrogen-bond acceptors (Lipinski definition) is 4. The Morgan fingerprint density at radius 3 is 2.90 bits per heavy atom. The van der Waals surface area contributed by atoms with Crippen molar-refractivity contribution in [1.29, 1.82) is 0 Å². The van der Waals surface area contributed by atoms with E-state index in [4.69, 9.17) is 9.84 Å². The molecular weight excluding hydrogens is 274 g/mol. The van der Waals surface area contributed by atoms with Gasteiger partial charge in [0.1, 0.15) is 0 Å². The molecule has 106 valence electrons. The fraction of sp³-hybridized carbons (Fsp3) is 0.333. The zero-order valence-corrected chi connectivity index (χ0v) is 12.2. The smallest absolute Gasteiger partial charge is 0.335 e. The molecule has 2 heterocycles. The lowest BCUT2D eigenvalue weighted by Crippen LogP contribution is -2.06. The molecule has 0 amide bonds. The van der Waals surface area contributed by atoms with Crippen molar-refractivity contribution >= 4 is 17.3 Å². The van der Waals surface area contributed by atoms with E-state index in [1.165, 1.54) is 10.9 Å². The Morgan fingerprint density at radius 1 is 1.40 bits per heavy atom. The van der Waals surface area contributed by atoms with Crippen molar-refractivity contribution in [2.45, 2.75) is 26.2 Å². The number of rotatable bonds is 7. The Morgan fingerprint density at radius 2 is 2.25 bits per heavy atom. The van der Waals surface area contributed by atoms with Gasteiger partial charge in [-0.15, -0.1) is 11.3 Å². The van der Waals surface area contributed by atoms with E-state index < -0.39 is 5.97 Å². The van der Waals surface area contributed by atoms with Crippen LogP contribution in [0.1, 0.15) is 34.3 Å². The number of carbonyl (C=O) groups is 1. The van der Waals surface area contributed by atoms with Crippen molar-refractivity contribution in [3.05, 3.63) is 45.8 Å². The van der Waals surface area contributed by atoms with Crippen LogP contribution in [0.5, 0.6) is 5.88 Å². The van der Waals surface area contributed by atoms with Crippen LogP contribution in [0, 0.1) is 0 Å². The molecule has 0 saturated heterocycles. The van der Waals surface area contributed by atoms with Gasteiger partial charge in [-0.05, 0) is 23.9 Å². The summed E-state index contributed by atoms with van der Waals surface area (Å²) >= 11 is 1.68. The summed E-state index contributed by atoms with van der Waals surface area (Å²) in [7, 11) is 0. The number of hydrogen-bond donors (Lipinski definition) is 1. The molecule has 0 aromatic carbocycles. The molecule has 4 nitrogen and oxygen atoms in total. The first-order valence-electron chi connectivity index (χ1n) is 6.58. The van der Waals surface area contributed by atoms with Gasteiger partial charge in [0.15, 0.2) is 0 Å². The Kier molecular flexibility index (Phi) is 5.12. The van der Waals surface area contributed by atoms with Gasteiger partial charge in [0, 0.05) is 23.1 Å². The second-order valence-electron chi connectivity index (χ2n) is 4.42. The average molecular weight is 291 g/mol. The van der Waals surface area contributed by atoms with Gasteiger partial charge in [-0.3, -0.25) is 0 Å². The summed E-state index contributed by atoms with van der Waals surface area (Å²) in [6, 6.07) is 7.15. The van der Waals surface area contributed by atoms with Crippen LogP contribution in [-0.4, -0.2) is 22.7 Å². The number of carboxylic acid groups (broad SMARTS) is 1. The maximum atomic E-state index is 11.1. The first-order chi connectivity index (χ1) is 9.69. The highest BCUT2D eigenvalue weighted by atomic mass is 32.1. The van der Waals surface area contributed by atoms with E-state index >= 15 is 0 Å². The molecule has 20 heavy (non-hydrogen) atoms. The molecule has 0 fully saturated rings. The monoisotopic (exact) mass is 291 g/mol. The first-order valence-corrected chi connectivity index (χ1v) is 7.46. The van der Waals surface area contributed by atoms with Gasteiger partial charge < -0.3 is 9.84 Å². The maximum Gasteiger partial charge on any atom is 0.335 e. The lowest BCUT2D eigenvalue weighted by Gasteiger charge is -2.08. The van der Waals surface area contributed by atoms with Gasteiger partial charge in [-0.1, -0.05) is 19.4 Å². The molecule has 0 atom stereocenters. The SMILES string of the molecule is CCCc1cc(C(=O)O)cc(OCCc2cccs2)n1. The molecule has 2 aromatic rings. The second kappa shape index (κ2) is 7.05. The summed E-state index contributed by atoms with van der Waals surface area (Å²) in [6.07, 6.45) is 2.48. The third-order valence-corrected chi connectivity index (χ3v) is 3.72. The fourth-order valence-electron chi connectivity index (χ4n) is 1.85. The number of pyridine rings is 1. The molecule has 2 rings (SSSR count). The number of aromatic nitrogens is 1. The van der Waals surface area contributed by atoms with Crippen molar-refractivity contribution in [3.8, 4) is 5.88 Å². The number of nitrogens with zero attached hydrogens (tertiary/aromatic N) is 1. The largest absolute Gasteiger partial charge is 0.478 e. The first kappa shape index (κ1) is 14.5. The number of thiophene rings is 1. The van der Waals surface area contributed by atoms with Crippen molar-refractivity contribution in [2.24, 2.45) is 0 Å². The lowest BCUT2D eigenvalue weighted by atomic mass is 10.1. The van der Waals surface area contributed by atoms with E-state index in [1.807, 2.05) is 18.4 Å². The molecule has 0 radical (unpaired) electrons. The Bertz CT molecular complexity index is 567. The van der Waals surface area contributed by atoms with Crippen LogP contribution in [0.2, 0.25) is 0 Å². The molecule has 0 unspecified atom stereocenters. The topological polar surface area (TPSA) is 59.4 Å². The van der Waals surface area contributed by atoms with Crippen LogP contribution in [0.4, 0.5) is 0 Å². The van der Waals surface area contributed by atoms with E-state index in [9.17, 15) is 4.79 Å². The number of carboxylic acids is 1. The molecule has 0 aliphatic rings. The molecule has 2 aromatic heterocycles. The Hall–Kier alpha value is -1.88. The third-order valence-electron chi connectivity index (χ3n) is 2.79. The van der Waals surface area contributed by atoms with E-state index in [2.05, 4.69) is 11.1 Å². The maximum absolute atomic E-state index is 11.1. The van der Waals surface area contributed by atoms with Crippen LogP contribution in [0.3, 0.4) is 0 Å². The minimum atomic E-state index is -0.951. The number of ether oxygens (including phenoxy) is 1. The Labute approximate surface area is 122 Å². The lowest BCUT2D eigenvalue weighted by molar-refractivity contribution is 0.0696. The quantitative estimate of drug-likeness (QED) is 0.849. The normalized spacial score (nSPS) is 10.4. The fourth-order valence-corrected chi connectivity index (χ4v) is 2.54. The van der Waals surface area contributed by atoms with Gasteiger partial charge in [0.2, 0.25) is 5.88 Å². The average Bonchev–Trinajstić information content (AvgIpc) is 2.92. The van der Waals surface area contributed by atoms with Gasteiger partial charge in [-0.2, -0.15) is 0 Å². The van der Waals surface area contributed by atoms with Crippen LogP contribution in [0.25, 0.3) is 0 Å². The van der Waals surface area contributed by atoms with Crippen LogP contribution >= 0.6 is 11.3 Å². The van der Waals surface area contributed by atoms with Crippen molar-refractivity contribution in [1.82, 2.24) is 4.98 Å². The van der Waals surface area contributed by atoms with Crippen molar-refractivity contribution < 1.29 is 14.6 Å². The second-order valence-corrected chi connectivity index (χ2v) is 5.45. The zero-order chi connectivity index (χ0) is 14.4. The van der Waals surface area contributed by atoms with Gasteiger partial charge >= 0.3 is 5.97 Å². The number of aryl methyl sites for hydroxylation is 1. The molecule has 0 spiro atoms. The van der Waals surface area contributed by atoms with E-state index in [0.29, 0.717) is 12.5 Å². The highest BCUT2D eigenvalue weighted by Crippen LogP contribution is 2.15. The van der Waals surface area contributed by atoms with Gasteiger partial charge in [0.05, 0.1) is 12.2 Å². The summed E-state index contributed by atoms with van der Waals surface area (Å²) in [5.41, 5.74) is 0.994. The Balaban J connectivity index is 2.03. The number of aromatic carboxylic acids is 1. The van der Waals surface area contributed by atoms with E-state index in [-0.39, 0.29) is 5.56 Å². The van der Waals surface area contributed by atoms with Crippen LogP contribution < -0.4 is 4.74 Å². The predicted octanol–water partition coefficient (Wildman–Crippen LogP) is 3.42. The van der Waals surface area contributed by atoms with Crippen LogP contribution in [0.15, 0.2) is 29.6 Å². The van der Waals surface area contributed by atoms with Crippen LogP contribution in [-0.2, 0) is 12.8 Å². The third kappa shape index (κ3) is 4.06. The van der Waals surface area contributed by atoms with Crippen molar-refractivity contribution in [2.75, 3.05) is 6.61 Å². The molecule has 0 aliphatic carbocycles. The van der Waals surface area contributed by atoms with E-state index in [0.717, 1.165) is 25.0 Å². The predicted molar refractivity (Wildman–Crippen MR) is 78.7 cm³/mol. The van der Waals surface area contributed by atoms with Gasteiger partial charge in [-0.25, -0.2) is 9.78 Å². The van der Waals surface area contributed by atoms with Crippen molar-refractivity contribution in [3.63, 3.8) is 0 Å². The zero-order valence-electron chi connectivity index (χ0n) is 11.3. The van der Waals surface area contributed by atoms with E-state index in [1.54, 1.807) is 17.4 Å². The molecule has 0 saturated carbocycles. The summed E-state index contributed by atoms with van der Waals surface area (Å²) in [5, 5.41) is 11.1. The summed E-state index contributed by atoms with van der Waals surface area (Å²) in [5.74, 6) is -0.558. The summed E-state index contributed by atoms with van der Waals surface area (Å²) in [4.78, 5) is 16.7. The standard InChI is InChI=1S/C15H17NO3S/c1-2-4-12-9-11(15(17)18)10-14(16-12)19-7-6-13-5-3-8-20-13/h3,5,8-10H,2,4,6-7H2,1H3,(H,17,18). The molecule has 5 heteroatoms. The summed E-state index contributed by atoms with van der Waals surface area (Å²) in [6.45, 7) is 2.54. The minimum absolute atomic E-state index is 0.231. The molecule has 0 aliphatic heterocycles.